The molecule has 0 aliphatic heterocycles. The van der Waals surface area contributed by atoms with Crippen molar-refractivity contribution in [2.75, 3.05) is 18.9 Å². The van der Waals surface area contributed by atoms with Gasteiger partial charge in [-0.25, -0.2) is 4.98 Å². The van der Waals surface area contributed by atoms with Crippen LogP contribution >= 0.6 is 11.3 Å². The number of thiazole rings is 1. The summed E-state index contributed by atoms with van der Waals surface area (Å²) in [5.41, 5.74) is 4.20. The molecule has 0 saturated carbocycles. The quantitative estimate of drug-likeness (QED) is 0.919. The van der Waals surface area contributed by atoms with Gasteiger partial charge in [0.2, 0.25) is 0 Å². The summed E-state index contributed by atoms with van der Waals surface area (Å²) in [6, 6.07) is 1.75. The Bertz CT molecular complexity index is 596. The Balaban J connectivity index is 2.16. The molecule has 2 aromatic heterocycles. The molecule has 2 rings (SSSR count). The minimum atomic E-state index is -0.0175. The molecule has 20 heavy (non-hydrogen) atoms. The molecule has 0 bridgehead atoms. The van der Waals surface area contributed by atoms with Crippen LogP contribution in [-0.2, 0) is 6.54 Å². The molecule has 0 atom stereocenters. The highest BCUT2D eigenvalue weighted by Crippen LogP contribution is 2.19. The van der Waals surface area contributed by atoms with Crippen molar-refractivity contribution >= 4 is 22.9 Å². The number of carbonyl (C=O) groups excluding carboxylic acids is 1. The van der Waals surface area contributed by atoms with Gasteiger partial charge in [-0.3, -0.25) is 9.78 Å². The molecular weight excluding hydrogens is 272 g/mol. The molecule has 0 aliphatic rings. The first-order valence-electron chi connectivity index (χ1n) is 6.45. The fraction of sp³-hybridized carbons (Fsp3) is 0.357. The Morgan fingerprint density at radius 2 is 2.30 bits per heavy atom. The van der Waals surface area contributed by atoms with Gasteiger partial charge in [-0.1, -0.05) is 0 Å². The molecule has 5 nitrogen and oxygen atoms in total. The number of hydrogen-bond acceptors (Lipinski definition) is 5. The summed E-state index contributed by atoms with van der Waals surface area (Å²) in [5.74, 6) is -0.0175. The van der Waals surface area contributed by atoms with Gasteiger partial charge in [-0.05, 0) is 19.9 Å². The predicted molar refractivity (Wildman–Crippen MR) is 81.0 cm³/mol. The molecule has 0 unspecified atom stereocenters. The van der Waals surface area contributed by atoms with E-state index in [-0.39, 0.29) is 5.91 Å². The maximum atomic E-state index is 12.5. The Hall–Kier alpha value is -1.95. The van der Waals surface area contributed by atoms with Gasteiger partial charge >= 0.3 is 0 Å². The Labute approximate surface area is 122 Å². The predicted octanol–water partition coefficient (Wildman–Crippen LogP) is 2.55. The van der Waals surface area contributed by atoms with Crippen molar-refractivity contribution in [3.8, 4) is 0 Å². The van der Waals surface area contributed by atoms with E-state index in [9.17, 15) is 4.79 Å². The first kappa shape index (κ1) is 14.5. The first-order chi connectivity index (χ1) is 9.63. The Morgan fingerprint density at radius 3 is 2.95 bits per heavy atom. The lowest BCUT2D eigenvalue weighted by Crippen LogP contribution is -2.27. The fourth-order valence-electron chi connectivity index (χ4n) is 1.88. The van der Waals surface area contributed by atoms with E-state index in [0.717, 1.165) is 22.8 Å². The number of nitrogens with zero attached hydrogens (tertiary/aromatic N) is 3. The lowest BCUT2D eigenvalue weighted by Gasteiger charge is -2.18. The van der Waals surface area contributed by atoms with E-state index in [2.05, 4.69) is 15.3 Å². The maximum absolute atomic E-state index is 12.5. The van der Waals surface area contributed by atoms with Crippen molar-refractivity contribution in [1.82, 2.24) is 14.9 Å². The van der Waals surface area contributed by atoms with Gasteiger partial charge in [0.15, 0.2) is 0 Å². The molecule has 2 heterocycles. The second kappa shape index (κ2) is 6.47. The van der Waals surface area contributed by atoms with Crippen LogP contribution in [-0.4, -0.2) is 34.4 Å². The molecule has 2 aromatic rings. The Kier molecular flexibility index (Phi) is 4.68. The van der Waals surface area contributed by atoms with E-state index in [0.29, 0.717) is 12.1 Å². The molecule has 0 spiro atoms. The molecule has 106 valence electrons. The minimum Gasteiger partial charge on any atom is -0.383 e. The van der Waals surface area contributed by atoms with E-state index in [1.165, 1.54) is 0 Å². The van der Waals surface area contributed by atoms with Crippen molar-refractivity contribution in [2.45, 2.75) is 20.4 Å². The van der Waals surface area contributed by atoms with Gasteiger partial charge < -0.3 is 10.2 Å². The second-order valence-electron chi connectivity index (χ2n) is 4.47. The highest BCUT2D eigenvalue weighted by atomic mass is 32.1. The molecule has 0 aliphatic carbocycles. The van der Waals surface area contributed by atoms with Crippen molar-refractivity contribution in [3.63, 3.8) is 0 Å². The van der Waals surface area contributed by atoms with Gasteiger partial charge in [0.1, 0.15) is 0 Å². The SMILES string of the molecule is CCNc1cnccc1C(=O)N(C)Cc1scnc1C. The lowest BCUT2D eigenvalue weighted by atomic mass is 10.2. The summed E-state index contributed by atoms with van der Waals surface area (Å²) in [5, 5.41) is 3.16. The van der Waals surface area contributed by atoms with Gasteiger partial charge in [-0.2, -0.15) is 0 Å². The third-order valence-corrected chi connectivity index (χ3v) is 3.91. The van der Waals surface area contributed by atoms with Crippen LogP contribution in [0.4, 0.5) is 5.69 Å². The number of aromatic nitrogens is 2. The molecular formula is C14H18N4OS. The van der Waals surface area contributed by atoms with Crippen LogP contribution < -0.4 is 5.32 Å². The summed E-state index contributed by atoms with van der Waals surface area (Å²) in [6.07, 6.45) is 3.32. The van der Waals surface area contributed by atoms with Gasteiger partial charge in [0.05, 0.1) is 35.2 Å². The van der Waals surface area contributed by atoms with E-state index in [1.54, 1.807) is 47.3 Å². The average molecular weight is 290 g/mol. The van der Waals surface area contributed by atoms with Crippen LogP contribution in [0, 0.1) is 6.92 Å². The number of anilines is 1. The van der Waals surface area contributed by atoms with Crippen LogP contribution in [0.1, 0.15) is 27.9 Å². The van der Waals surface area contributed by atoms with Gasteiger partial charge in [-0.15, -0.1) is 11.3 Å². The smallest absolute Gasteiger partial charge is 0.256 e. The standard InChI is InChI=1S/C14H18N4OS/c1-4-16-12-7-15-6-5-11(12)14(19)18(3)8-13-10(2)17-9-20-13/h5-7,9,16H,4,8H2,1-3H3. The number of pyridine rings is 1. The highest BCUT2D eigenvalue weighted by molar-refractivity contribution is 7.09. The number of nitrogens with one attached hydrogen (secondary N) is 1. The lowest BCUT2D eigenvalue weighted by molar-refractivity contribution is 0.0787. The second-order valence-corrected chi connectivity index (χ2v) is 5.41. The largest absolute Gasteiger partial charge is 0.383 e. The molecule has 0 saturated heterocycles. The van der Waals surface area contributed by atoms with Gasteiger partial charge in [0, 0.05) is 24.7 Å². The van der Waals surface area contributed by atoms with E-state index in [1.807, 2.05) is 13.8 Å². The molecule has 0 radical (unpaired) electrons. The fourth-order valence-corrected chi connectivity index (χ4v) is 2.71. The molecule has 0 fully saturated rings. The number of amides is 1. The first-order valence-corrected chi connectivity index (χ1v) is 7.33. The third-order valence-electron chi connectivity index (χ3n) is 2.99. The topological polar surface area (TPSA) is 58.1 Å². The Morgan fingerprint density at radius 1 is 1.50 bits per heavy atom. The summed E-state index contributed by atoms with van der Waals surface area (Å²) in [6.45, 7) is 5.28. The zero-order valence-electron chi connectivity index (χ0n) is 11.9. The highest BCUT2D eigenvalue weighted by Gasteiger charge is 2.17. The zero-order valence-corrected chi connectivity index (χ0v) is 12.7. The summed E-state index contributed by atoms with van der Waals surface area (Å²) in [7, 11) is 1.80. The summed E-state index contributed by atoms with van der Waals surface area (Å²) < 4.78 is 0. The van der Waals surface area contributed by atoms with Crippen molar-refractivity contribution < 1.29 is 4.79 Å². The van der Waals surface area contributed by atoms with Crippen LogP contribution in [0.15, 0.2) is 24.0 Å². The van der Waals surface area contributed by atoms with E-state index >= 15 is 0 Å². The maximum Gasteiger partial charge on any atom is 0.256 e. The number of aryl methyl sites for hydroxylation is 1. The van der Waals surface area contributed by atoms with Crippen LogP contribution in [0.3, 0.4) is 0 Å². The van der Waals surface area contributed by atoms with Crippen molar-refractivity contribution in [3.05, 3.63) is 40.1 Å². The van der Waals surface area contributed by atoms with E-state index < -0.39 is 0 Å². The zero-order chi connectivity index (χ0) is 14.5. The normalized spacial score (nSPS) is 10.3. The monoisotopic (exact) mass is 290 g/mol. The van der Waals surface area contributed by atoms with Crippen molar-refractivity contribution in [1.29, 1.82) is 0 Å². The van der Waals surface area contributed by atoms with Crippen LogP contribution in [0.2, 0.25) is 0 Å². The molecule has 1 amide bonds. The van der Waals surface area contributed by atoms with Gasteiger partial charge in [0.25, 0.3) is 5.91 Å². The number of rotatable bonds is 5. The third kappa shape index (κ3) is 3.14. The minimum absolute atomic E-state index is 0.0175. The summed E-state index contributed by atoms with van der Waals surface area (Å²) >= 11 is 1.57. The number of hydrogen-bond donors (Lipinski definition) is 1. The molecule has 6 heteroatoms. The van der Waals surface area contributed by atoms with Crippen LogP contribution in [0.5, 0.6) is 0 Å². The molecule has 0 aromatic carbocycles. The van der Waals surface area contributed by atoms with E-state index in [4.69, 9.17) is 0 Å². The average Bonchev–Trinajstić information content (AvgIpc) is 2.84. The number of carbonyl (C=O) groups is 1. The van der Waals surface area contributed by atoms with Crippen molar-refractivity contribution in [2.24, 2.45) is 0 Å². The molecule has 1 N–H and O–H groups in total. The summed E-state index contributed by atoms with van der Waals surface area (Å²) in [4.78, 5) is 23.6. The van der Waals surface area contributed by atoms with Crippen LogP contribution in [0.25, 0.3) is 0 Å².